The van der Waals surface area contributed by atoms with Gasteiger partial charge < -0.3 is 43.7 Å². The second kappa shape index (κ2) is 17.1. The highest BCUT2D eigenvalue weighted by Crippen LogP contribution is 2.37. The minimum Gasteiger partial charge on any atom is -0.463 e. The molecule has 3 saturated heterocycles. The van der Waals surface area contributed by atoms with E-state index in [1.54, 1.807) is 18.9 Å². The zero-order valence-corrected chi connectivity index (χ0v) is 32.0. The number of hydrogen-bond donors (Lipinski definition) is 2. The maximum absolute atomic E-state index is 14.0. The van der Waals surface area contributed by atoms with Gasteiger partial charge in [-0.3, -0.25) is 14.5 Å². The van der Waals surface area contributed by atoms with E-state index in [2.05, 4.69) is 6.92 Å². The van der Waals surface area contributed by atoms with Crippen LogP contribution in [-0.4, -0.2) is 151 Å². The van der Waals surface area contributed by atoms with Crippen molar-refractivity contribution < 1.29 is 48.3 Å². The number of piperidine rings is 1. The number of hydrogen-bond acceptors (Lipinski definition) is 12. The molecule has 13 heteroatoms. The van der Waals surface area contributed by atoms with Gasteiger partial charge in [0.2, 0.25) is 0 Å². The molecule has 13 nitrogen and oxygen atoms in total. The van der Waals surface area contributed by atoms with E-state index in [4.69, 9.17) is 23.7 Å². The van der Waals surface area contributed by atoms with E-state index in [0.717, 1.165) is 0 Å². The number of methoxy groups -OCH3 is 1. The number of nitrogens with zero attached hydrogens (tertiary/aromatic N) is 3. The van der Waals surface area contributed by atoms with Crippen molar-refractivity contribution >= 4 is 17.8 Å². The Hall–Kier alpha value is -1.87. The van der Waals surface area contributed by atoms with Gasteiger partial charge in [0.15, 0.2) is 12.1 Å². The number of likely N-dealkylation sites (tertiary alicyclic amines) is 1. The predicted octanol–water partition coefficient (Wildman–Crippen LogP) is 2.94. The quantitative estimate of drug-likeness (QED) is 0.310. The molecule has 1 amide bonds. The van der Waals surface area contributed by atoms with Gasteiger partial charge in [-0.1, -0.05) is 13.8 Å². The lowest BCUT2D eigenvalue weighted by Gasteiger charge is -2.47. The van der Waals surface area contributed by atoms with Crippen molar-refractivity contribution in [2.24, 2.45) is 23.7 Å². The van der Waals surface area contributed by atoms with Gasteiger partial charge in [0.1, 0.15) is 24.2 Å². The minimum atomic E-state index is -1.11. The fourth-order valence-electron chi connectivity index (χ4n) is 7.79. The van der Waals surface area contributed by atoms with Crippen LogP contribution < -0.4 is 0 Å². The first-order chi connectivity index (χ1) is 22.7. The molecule has 0 aromatic rings. The first kappa shape index (κ1) is 41.5. The summed E-state index contributed by atoms with van der Waals surface area (Å²) >= 11 is 0. The molecule has 49 heavy (non-hydrogen) atoms. The molecule has 3 aliphatic rings. The standard InChI is InChI=1S/C36H65N3O10/c1-21-18-36(8,45-12)31(48-33-30(42)26(37(9)10)17-22(2)47-33)23(3)28(40)24(4)32(43)46-20-27(38(11)19-21)29(41)25-13-15-39(16-14-25)34(44)49-35(5,6)7/h21-27,29-31,33,41-42H,13-20H2,1-12H3/t21-,22-,23+,24-,26+,27-,29-,30-,31-,33+,36-/m1/s1. The average molecular weight is 700 g/mol. The molecular weight excluding hydrogens is 634 g/mol. The Morgan fingerprint density at radius 2 is 1.71 bits per heavy atom. The fourth-order valence-corrected chi connectivity index (χ4v) is 7.79. The van der Waals surface area contributed by atoms with E-state index < -0.39 is 59.7 Å². The number of esters is 1. The van der Waals surface area contributed by atoms with Gasteiger partial charge in [0.05, 0.1) is 30.0 Å². The third-order valence-electron chi connectivity index (χ3n) is 10.7. The molecule has 0 aromatic heterocycles. The number of aliphatic hydroxyl groups excluding tert-OH is 2. The lowest BCUT2D eigenvalue weighted by molar-refractivity contribution is -0.295. The lowest BCUT2D eigenvalue weighted by Crippen LogP contribution is -2.59. The number of aliphatic hydroxyl groups is 2. The van der Waals surface area contributed by atoms with E-state index in [1.807, 2.05) is 65.6 Å². The summed E-state index contributed by atoms with van der Waals surface area (Å²) in [4.78, 5) is 45.6. The van der Waals surface area contributed by atoms with E-state index in [9.17, 15) is 24.6 Å². The Morgan fingerprint density at radius 1 is 1.10 bits per heavy atom. The topological polar surface area (TPSA) is 148 Å². The second-order valence-electron chi connectivity index (χ2n) is 16.3. The van der Waals surface area contributed by atoms with E-state index in [1.165, 1.54) is 6.92 Å². The van der Waals surface area contributed by atoms with E-state index in [0.29, 0.717) is 45.3 Å². The summed E-state index contributed by atoms with van der Waals surface area (Å²) in [5.74, 6) is -3.10. The van der Waals surface area contributed by atoms with Crippen molar-refractivity contribution in [1.82, 2.24) is 14.7 Å². The SMILES string of the molecule is CO[C@]1(C)C[C@@H](C)CN(C)[C@@H]([C@H](O)C2CCN(C(=O)OC(C)(C)C)CC2)COC(=O)[C@H](C)C(=O)[C@H](C)[C@H]1O[C@@H]1O[C@H](C)C[C@H](N(C)C)[C@H]1O. The van der Waals surface area contributed by atoms with Crippen molar-refractivity contribution in [3.63, 3.8) is 0 Å². The Labute approximate surface area is 293 Å². The molecule has 0 bridgehead atoms. The molecule has 0 radical (unpaired) electrons. The van der Waals surface area contributed by atoms with Crippen LogP contribution in [0.15, 0.2) is 0 Å². The largest absolute Gasteiger partial charge is 0.463 e. The average Bonchev–Trinajstić information content (AvgIpc) is 3.02. The molecule has 3 heterocycles. The second-order valence-corrected chi connectivity index (χ2v) is 16.3. The first-order valence-corrected chi connectivity index (χ1v) is 18.0. The number of cyclic esters (lactones) is 1. The van der Waals surface area contributed by atoms with Crippen molar-refractivity contribution in [1.29, 1.82) is 0 Å². The van der Waals surface area contributed by atoms with Crippen molar-refractivity contribution in [3.8, 4) is 0 Å². The summed E-state index contributed by atoms with van der Waals surface area (Å²) < 4.78 is 30.2. The van der Waals surface area contributed by atoms with Crippen LogP contribution in [0.25, 0.3) is 0 Å². The van der Waals surface area contributed by atoms with Crippen molar-refractivity contribution in [2.75, 3.05) is 54.5 Å². The molecule has 284 valence electrons. The van der Waals surface area contributed by atoms with Gasteiger partial charge in [-0.15, -0.1) is 0 Å². The molecule has 2 N–H and O–H groups in total. The predicted molar refractivity (Wildman–Crippen MR) is 184 cm³/mol. The normalized spacial score (nSPS) is 37.5. The number of carbonyl (C=O) groups is 3. The third-order valence-corrected chi connectivity index (χ3v) is 10.7. The van der Waals surface area contributed by atoms with Gasteiger partial charge in [0, 0.05) is 38.7 Å². The number of ether oxygens (including phenoxy) is 5. The number of ketones is 1. The highest BCUT2D eigenvalue weighted by molar-refractivity contribution is 6.00. The summed E-state index contributed by atoms with van der Waals surface area (Å²) in [7, 11) is 7.28. The molecule has 0 aromatic carbocycles. The van der Waals surface area contributed by atoms with Crippen LogP contribution in [0, 0.1) is 23.7 Å². The summed E-state index contributed by atoms with van der Waals surface area (Å²) in [6, 6.07) is -0.751. The zero-order valence-electron chi connectivity index (χ0n) is 32.0. The highest BCUT2D eigenvalue weighted by Gasteiger charge is 2.49. The molecule has 0 saturated carbocycles. The maximum Gasteiger partial charge on any atom is 0.410 e. The van der Waals surface area contributed by atoms with Gasteiger partial charge >= 0.3 is 12.1 Å². The molecule has 0 aliphatic carbocycles. The highest BCUT2D eigenvalue weighted by atomic mass is 16.7. The molecule has 3 fully saturated rings. The van der Waals surface area contributed by atoms with E-state index >= 15 is 0 Å². The van der Waals surface area contributed by atoms with Crippen LogP contribution in [0.2, 0.25) is 0 Å². The minimum absolute atomic E-state index is 0.00779. The van der Waals surface area contributed by atoms with Gasteiger partial charge in [-0.05, 0) is 100 Å². The zero-order chi connectivity index (χ0) is 37.0. The monoisotopic (exact) mass is 699 g/mol. The van der Waals surface area contributed by atoms with E-state index in [-0.39, 0.29) is 42.5 Å². The molecule has 0 spiro atoms. The van der Waals surface area contributed by atoms with Gasteiger partial charge in [-0.25, -0.2) is 4.79 Å². The summed E-state index contributed by atoms with van der Waals surface area (Å²) in [6.07, 6.45) is -2.00. The summed E-state index contributed by atoms with van der Waals surface area (Å²) in [6.45, 7) is 16.0. The molecule has 11 atom stereocenters. The molecular formula is C36H65N3O10. The van der Waals surface area contributed by atoms with Crippen LogP contribution in [0.3, 0.4) is 0 Å². The smallest absolute Gasteiger partial charge is 0.410 e. The molecule has 3 rings (SSSR count). The van der Waals surface area contributed by atoms with Crippen LogP contribution in [0.5, 0.6) is 0 Å². The summed E-state index contributed by atoms with van der Waals surface area (Å²) in [5, 5.41) is 23.0. The maximum atomic E-state index is 14.0. The Morgan fingerprint density at radius 3 is 2.27 bits per heavy atom. The fraction of sp³-hybridized carbons (Fsp3) is 0.917. The first-order valence-electron chi connectivity index (χ1n) is 18.0. The van der Waals surface area contributed by atoms with Crippen molar-refractivity contribution in [2.45, 2.75) is 135 Å². The number of likely N-dealkylation sites (N-methyl/N-ethyl adjacent to an activating group) is 2. The van der Waals surface area contributed by atoms with Crippen molar-refractivity contribution in [3.05, 3.63) is 0 Å². The third kappa shape index (κ3) is 10.6. The van der Waals surface area contributed by atoms with Crippen LogP contribution in [0.4, 0.5) is 4.79 Å². The van der Waals surface area contributed by atoms with Crippen LogP contribution in [-0.2, 0) is 33.3 Å². The number of amides is 1. The van der Waals surface area contributed by atoms with Crippen LogP contribution in [0.1, 0.15) is 81.1 Å². The lowest BCUT2D eigenvalue weighted by atomic mass is 9.78. The Kier molecular flexibility index (Phi) is 14.5. The molecule has 3 aliphatic heterocycles. The van der Waals surface area contributed by atoms with Gasteiger partial charge in [0.25, 0.3) is 0 Å². The Balaban J connectivity index is 1.85. The number of Topliss-reactive ketones (excluding diaryl/α,β-unsaturated/α-hetero) is 1. The Bertz CT molecular complexity index is 1110. The number of rotatable bonds is 6. The summed E-state index contributed by atoms with van der Waals surface area (Å²) in [5.41, 5.74) is -1.60. The number of carbonyl (C=O) groups excluding carboxylic acids is 3. The van der Waals surface area contributed by atoms with Gasteiger partial charge in [-0.2, -0.15) is 0 Å². The van der Waals surface area contributed by atoms with Crippen LogP contribution >= 0.6 is 0 Å². The molecule has 0 unspecified atom stereocenters.